The van der Waals surface area contributed by atoms with Crippen LogP contribution < -0.4 is 15.0 Å². The van der Waals surface area contributed by atoms with Crippen molar-refractivity contribution in [3.8, 4) is 11.4 Å². The molecule has 1 amide bonds. The number of rotatable bonds is 10. The maximum Gasteiger partial charge on any atom is 0.573 e. The zero-order chi connectivity index (χ0) is 32.3. The van der Waals surface area contributed by atoms with E-state index in [1.54, 1.807) is 12.1 Å². The number of anilines is 2. The average Bonchev–Trinajstić information content (AvgIpc) is 3.58. The number of nitrogens with zero attached hydrogens (tertiary/aromatic N) is 5. The summed E-state index contributed by atoms with van der Waals surface area (Å²) in [6, 6.07) is 15.5. The van der Waals surface area contributed by atoms with Gasteiger partial charge in [-0.3, -0.25) is 9.69 Å². The third-order valence-electron chi connectivity index (χ3n) is 6.89. The Bertz CT molecular complexity index is 1710. The molecule has 1 aliphatic heterocycles. The van der Waals surface area contributed by atoms with Gasteiger partial charge in [-0.25, -0.2) is 19.0 Å². The lowest BCUT2D eigenvalue weighted by Crippen LogP contribution is -2.32. The lowest BCUT2D eigenvalue weighted by molar-refractivity contribution is -0.274. The van der Waals surface area contributed by atoms with Gasteiger partial charge in [-0.05, 0) is 78.4 Å². The molecule has 1 saturated heterocycles. The van der Waals surface area contributed by atoms with Crippen molar-refractivity contribution < 1.29 is 32.2 Å². The molecule has 236 valence electrons. The number of hydrogen-bond donors (Lipinski definition) is 2. The Morgan fingerprint density at radius 1 is 1.09 bits per heavy atom. The number of hydrogen-bond acceptors (Lipinski definition) is 8. The van der Waals surface area contributed by atoms with Crippen LogP contribution in [0.15, 0.2) is 72.0 Å². The Kier molecular flexibility index (Phi) is 9.44. The van der Waals surface area contributed by atoms with Crippen LogP contribution in [0.1, 0.15) is 42.3 Å². The molecule has 2 heterocycles. The van der Waals surface area contributed by atoms with Gasteiger partial charge in [0.2, 0.25) is 12.3 Å². The first-order chi connectivity index (χ1) is 21.4. The molecular weight excluding hydrogens is 612 g/mol. The zero-order valence-corrected chi connectivity index (χ0v) is 25.4. The maximum absolute atomic E-state index is 15.0. The van der Waals surface area contributed by atoms with Gasteiger partial charge in [0, 0.05) is 12.1 Å². The molecule has 14 heteroatoms. The van der Waals surface area contributed by atoms with Crippen molar-refractivity contribution in [3.63, 3.8) is 0 Å². The van der Waals surface area contributed by atoms with Crippen molar-refractivity contribution in [3.05, 3.63) is 95.3 Å². The van der Waals surface area contributed by atoms with E-state index in [4.69, 9.17) is 0 Å². The van der Waals surface area contributed by atoms with Gasteiger partial charge >= 0.3 is 6.36 Å². The number of aliphatic imine (C=N–C) groups is 1. The molecular formula is C31H30F4N6O3S. The first kappa shape index (κ1) is 32.0. The summed E-state index contributed by atoms with van der Waals surface area (Å²) in [5.74, 6) is -0.220. The summed E-state index contributed by atoms with van der Waals surface area (Å²) in [5.41, 5.74) is 3.89. The minimum atomic E-state index is -4.78. The number of carbonyl (C=O) groups is 1. The minimum absolute atomic E-state index is 0.137. The molecule has 1 aromatic heterocycles. The van der Waals surface area contributed by atoms with Gasteiger partial charge in [0.05, 0.1) is 17.1 Å². The molecule has 4 aromatic rings. The minimum Gasteiger partial charge on any atom is -0.406 e. The molecule has 0 spiro atoms. The van der Waals surface area contributed by atoms with E-state index in [-0.39, 0.29) is 29.7 Å². The Hall–Kier alpha value is -4.43. The fraction of sp³-hybridized carbons (Fsp3) is 0.290. The number of alkyl halides is 3. The summed E-state index contributed by atoms with van der Waals surface area (Å²) in [6.45, 7) is 6.02. The lowest BCUT2D eigenvalue weighted by atomic mass is 9.99. The second-order valence-electron chi connectivity index (χ2n) is 10.6. The standard InChI is InChI=1S/C31H30F4N6O3S/c1-18(2)24-12-4-19(3)14-26(24)41-28(42)16-45-30(41)38-29(43)37-21-7-5-20(25(32)15-21)6-13-27-36-17-40(39-27)22-8-10-23(11-9-22)44-31(33,34)35/h4-5,7-12,14-15,17-18,29,37,43H,6,13,16H2,1-3H3. The molecule has 1 unspecified atom stereocenters. The van der Waals surface area contributed by atoms with Crippen LogP contribution in [0.3, 0.4) is 0 Å². The number of amidine groups is 1. The molecule has 0 aliphatic carbocycles. The van der Waals surface area contributed by atoms with Crippen molar-refractivity contribution in [2.45, 2.75) is 52.2 Å². The summed E-state index contributed by atoms with van der Waals surface area (Å²) < 4.78 is 57.4. The summed E-state index contributed by atoms with van der Waals surface area (Å²) in [6.07, 6.45) is -4.21. The number of aromatic nitrogens is 3. The third-order valence-corrected chi connectivity index (χ3v) is 7.83. The smallest absolute Gasteiger partial charge is 0.406 e. The Morgan fingerprint density at radius 3 is 2.53 bits per heavy atom. The van der Waals surface area contributed by atoms with Gasteiger partial charge < -0.3 is 15.2 Å². The second kappa shape index (κ2) is 13.3. The van der Waals surface area contributed by atoms with Gasteiger partial charge in [0.25, 0.3) is 0 Å². The number of nitrogens with one attached hydrogen (secondary N) is 1. The fourth-order valence-corrected chi connectivity index (χ4v) is 5.62. The first-order valence-corrected chi connectivity index (χ1v) is 15.0. The Balaban J connectivity index is 1.21. The molecule has 5 rings (SSSR count). The molecule has 45 heavy (non-hydrogen) atoms. The van der Waals surface area contributed by atoms with E-state index < -0.39 is 18.5 Å². The number of benzene rings is 3. The van der Waals surface area contributed by atoms with Crippen molar-refractivity contribution >= 4 is 34.2 Å². The number of ether oxygens (including phenoxy) is 1. The molecule has 1 fully saturated rings. The van der Waals surface area contributed by atoms with Gasteiger partial charge in [-0.1, -0.05) is 43.8 Å². The third kappa shape index (κ3) is 8.00. The highest BCUT2D eigenvalue weighted by atomic mass is 32.2. The van der Waals surface area contributed by atoms with Gasteiger partial charge in [0.1, 0.15) is 17.9 Å². The van der Waals surface area contributed by atoms with Crippen LogP contribution >= 0.6 is 11.8 Å². The van der Waals surface area contributed by atoms with Gasteiger partial charge in [-0.15, -0.1) is 13.2 Å². The van der Waals surface area contributed by atoms with E-state index in [0.29, 0.717) is 34.4 Å². The van der Waals surface area contributed by atoms with Crippen LogP contribution in [0.25, 0.3) is 5.69 Å². The van der Waals surface area contributed by atoms with E-state index in [1.165, 1.54) is 58.0 Å². The van der Waals surface area contributed by atoms with Gasteiger partial charge in [0.15, 0.2) is 11.0 Å². The van der Waals surface area contributed by atoms with Crippen LogP contribution in [-0.2, 0) is 17.6 Å². The van der Waals surface area contributed by atoms with Crippen LogP contribution in [-0.4, -0.2) is 49.4 Å². The van der Waals surface area contributed by atoms with E-state index in [9.17, 15) is 27.5 Å². The number of aliphatic hydroxyl groups excluding tert-OH is 1. The second-order valence-corrected chi connectivity index (χ2v) is 11.6. The molecule has 2 N–H and O–H groups in total. The predicted molar refractivity (Wildman–Crippen MR) is 164 cm³/mol. The molecule has 1 aliphatic rings. The molecule has 1 atom stereocenters. The SMILES string of the molecule is Cc1ccc(C(C)C)c(N2C(=O)CSC2=NC(O)Nc2ccc(CCc3ncn(-c4ccc(OC(F)(F)F)cc4)n3)c(F)c2)c1. The zero-order valence-electron chi connectivity index (χ0n) is 24.5. The summed E-state index contributed by atoms with van der Waals surface area (Å²) >= 11 is 1.22. The molecule has 3 aromatic carbocycles. The van der Waals surface area contributed by atoms with E-state index in [1.807, 2.05) is 39.0 Å². The molecule has 0 radical (unpaired) electrons. The fourth-order valence-electron chi connectivity index (χ4n) is 4.74. The average molecular weight is 643 g/mol. The number of carbonyl (C=O) groups excluding carboxylic acids is 1. The highest BCUT2D eigenvalue weighted by Gasteiger charge is 2.33. The highest BCUT2D eigenvalue weighted by Crippen LogP contribution is 2.34. The van der Waals surface area contributed by atoms with Crippen molar-refractivity contribution in [2.75, 3.05) is 16.0 Å². The van der Waals surface area contributed by atoms with Crippen LogP contribution in [0, 0.1) is 12.7 Å². The number of aryl methyl sites for hydroxylation is 3. The molecule has 0 saturated carbocycles. The van der Waals surface area contributed by atoms with Crippen molar-refractivity contribution in [1.82, 2.24) is 14.8 Å². The summed E-state index contributed by atoms with van der Waals surface area (Å²) in [7, 11) is 0. The highest BCUT2D eigenvalue weighted by molar-refractivity contribution is 8.15. The number of thioether (sulfide) groups is 1. The summed E-state index contributed by atoms with van der Waals surface area (Å²) in [4.78, 5) is 22.9. The molecule has 0 bridgehead atoms. The largest absolute Gasteiger partial charge is 0.573 e. The maximum atomic E-state index is 15.0. The monoisotopic (exact) mass is 642 g/mol. The van der Waals surface area contributed by atoms with Crippen LogP contribution in [0.4, 0.5) is 28.9 Å². The number of halogens is 4. The number of amides is 1. The van der Waals surface area contributed by atoms with E-state index in [2.05, 4.69) is 25.1 Å². The normalized spacial score (nSPS) is 15.3. The quantitative estimate of drug-likeness (QED) is 0.154. The predicted octanol–water partition coefficient (Wildman–Crippen LogP) is 6.35. The van der Waals surface area contributed by atoms with E-state index in [0.717, 1.165) is 16.8 Å². The first-order valence-electron chi connectivity index (χ1n) is 14.0. The topological polar surface area (TPSA) is 105 Å². The summed E-state index contributed by atoms with van der Waals surface area (Å²) in [5, 5.41) is 18.1. The van der Waals surface area contributed by atoms with Crippen molar-refractivity contribution in [2.24, 2.45) is 4.99 Å². The van der Waals surface area contributed by atoms with Gasteiger partial charge in [-0.2, -0.15) is 5.10 Å². The molecule has 9 nitrogen and oxygen atoms in total. The van der Waals surface area contributed by atoms with Crippen LogP contribution in [0.5, 0.6) is 5.75 Å². The van der Waals surface area contributed by atoms with Crippen molar-refractivity contribution in [1.29, 1.82) is 0 Å². The Labute approximate surface area is 260 Å². The Morgan fingerprint density at radius 2 is 1.84 bits per heavy atom. The lowest BCUT2D eigenvalue weighted by Gasteiger charge is -2.23. The van der Waals surface area contributed by atoms with Crippen LogP contribution in [0.2, 0.25) is 0 Å². The van der Waals surface area contributed by atoms with E-state index >= 15 is 0 Å². The number of aliphatic hydroxyl groups is 1.